The van der Waals surface area contributed by atoms with Gasteiger partial charge in [-0.05, 0) is 70.8 Å². The highest BCUT2D eigenvalue weighted by molar-refractivity contribution is 4.75. The summed E-state index contributed by atoms with van der Waals surface area (Å²) < 4.78 is 11.6. The number of hydrogen-bond donors (Lipinski definition) is 1. The van der Waals surface area contributed by atoms with E-state index in [9.17, 15) is 0 Å². The van der Waals surface area contributed by atoms with Crippen molar-refractivity contribution in [3.8, 4) is 0 Å². The van der Waals surface area contributed by atoms with Crippen molar-refractivity contribution < 1.29 is 9.47 Å². The van der Waals surface area contributed by atoms with E-state index in [1.54, 1.807) is 0 Å². The Morgan fingerprint density at radius 1 is 1.05 bits per heavy atom. The van der Waals surface area contributed by atoms with E-state index in [-0.39, 0.29) is 0 Å². The van der Waals surface area contributed by atoms with Crippen LogP contribution >= 0.6 is 0 Å². The van der Waals surface area contributed by atoms with Crippen LogP contribution in [0.4, 0.5) is 0 Å². The summed E-state index contributed by atoms with van der Waals surface area (Å²) >= 11 is 0. The summed E-state index contributed by atoms with van der Waals surface area (Å²) in [7, 11) is 0. The van der Waals surface area contributed by atoms with Gasteiger partial charge in [0, 0.05) is 19.3 Å². The highest BCUT2D eigenvalue weighted by Gasteiger charge is 2.20. The van der Waals surface area contributed by atoms with Gasteiger partial charge in [0.25, 0.3) is 0 Å². The molecule has 1 N–H and O–H groups in total. The van der Waals surface area contributed by atoms with E-state index in [0.717, 1.165) is 19.8 Å². The average Bonchev–Trinajstić information content (AvgIpc) is 2.99. The number of nitrogens with one attached hydrogen (secondary N) is 1. The van der Waals surface area contributed by atoms with Crippen LogP contribution < -0.4 is 5.32 Å². The summed E-state index contributed by atoms with van der Waals surface area (Å²) in [4.78, 5) is 0. The molecule has 2 rings (SSSR count). The summed E-state index contributed by atoms with van der Waals surface area (Å²) in [5.41, 5.74) is 0. The van der Waals surface area contributed by atoms with Crippen molar-refractivity contribution in [3.63, 3.8) is 0 Å². The molecule has 0 amide bonds. The molecule has 2 saturated heterocycles. The predicted octanol–water partition coefficient (Wildman–Crippen LogP) is 3.66. The van der Waals surface area contributed by atoms with Crippen LogP contribution in [0.15, 0.2) is 0 Å². The first kappa shape index (κ1) is 16.3. The Kier molecular flexibility index (Phi) is 7.92. The summed E-state index contributed by atoms with van der Waals surface area (Å²) in [5.74, 6) is 0. The van der Waals surface area contributed by atoms with E-state index < -0.39 is 0 Å². The molecule has 3 unspecified atom stereocenters. The van der Waals surface area contributed by atoms with Gasteiger partial charge in [-0.3, -0.25) is 0 Å². The molecular weight excluding hydrogens is 250 g/mol. The normalized spacial score (nSPS) is 28.6. The molecule has 118 valence electrons. The van der Waals surface area contributed by atoms with Crippen molar-refractivity contribution >= 4 is 0 Å². The maximum Gasteiger partial charge on any atom is 0.0590 e. The molecule has 0 aromatic carbocycles. The van der Waals surface area contributed by atoms with Gasteiger partial charge in [0.1, 0.15) is 0 Å². The number of ether oxygens (including phenoxy) is 2. The first-order chi connectivity index (χ1) is 9.88. The van der Waals surface area contributed by atoms with E-state index >= 15 is 0 Å². The van der Waals surface area contributed by atoms with Gasteiger partial charge in [0.05, 0.1) is 12.2 Å². The van der Waals surface area contributed by atoms with Crippen molar-refractivity contribution in [2.45, 2.75) is 89.4 Å². The Bertz CT molecular complexity index is 235. The van der Waals surface area contributed by atoms with E-state index in [2.05, 4.69) is 12.2 Å². The average molecular weight is 283 g/mol. The van der Waals surface area contributed by atoms with E-state index in [4.69, 9.17) is 9.47 Å². The fourth-order valence-corrected chi connectivity index (χ4v) is 3.43. The van der Waals surface area contributed by atoms with Crippen molar-refractivity contribution in [3.05, 3.63) is 0 Å². The molecule has 20 heavy (non-hydrogen) atoms. The lowest BCUT2D eigenvalue weighted by Gasteiger charge is -2.28. The monoisotopic (exact) mass is 283 g/mol. The van der Waals surface area contributed by atoms with Gasteiger partial charge >= 0.3 is 0 Å². The molecule has 0 spiro atoms. The quantitative estimate of drug-likeness (QED) is 0.700. The zero-order chi connectivity index (χ0) is 14.0. The molecule has 3 nitrogen and oxygen atoms in total. The number of hydrogen-bond acceptors (Lipinski definition) is 3. The van der Waals surface area contributed by atoms with Gasteiger partial charge in [-0.2, -0.15) is 0 Å². The van der Waals surface area contributed by atoms with Crippen LogP contribution in [0.5, 0.6) is 0 Å². The van der Waals surface area contributed by atoms with Crippen molar-refractivity contribution in [2.75, 3.05) is 19.8 Å². The maximum atomic E-state index is 5.90. The van der Waals surface area contributed by atoms with Crippen LogP contribution in [0.25, 0.3) is 0 Å². The second-order valence-electron chi connectivity index (χ2n) is 6.44. The van der Waals surface area contributed by atoms with E-state index in [1.807, 2.05) is 0 Å². The van der Waals surface area contributed by atoms with Crippen LogP contribution in [0.1, 0.15) is 71.1 Å². The predicted molar refractivity (Wildman–Crippen MR) is 83.1 cm³/mol. The van der Waals surface area contributed by atoms with Gasteiger partial charge in [0.15, 0.2) is 0 Å². The third-order valence-corrected chi connectivity index (χ3v) is 4.61. The van der Waals surface area contributed by atoms with Crippen LogP contribution in [0.2, 0.25) is 0 Å². The van der Waals surface area contributed by atoms with Crippen LogP contribution in [-0.4, -0.2) is 38.0 Å². The van der Waals surface area contributed by atoms with Gasteiger partial charge in [0.2, 0.25) is 0 Å². The first-order valence-electron chi connectivity index (χ1n) is 8.85. The van der Waals surface area contributed by atoms with Crippen LogP contribution in [-0.2, 0) is 9.47 Å². The lowest BCUT2D eigenvalue weighted by atomic mass is 9.97. The van der Waals surface area contributed by atoms with Crippen LogP contribution in [0.3, 0.4) is 0 Å². The molecule has 3 heteroatoms. The van der Waals surface area contributed by atoms with Gasteiger partial charge in [-0.15, -0.1) is 0 Å². The fourth-order valence-electron chi connectivity index (χ4n) is 3.43. The summed E-state index contributed by atoms with van der Waals surface area (Å²) in [6.07, 6.45) is 13.7. The fraction of sp³-hybridized carbons (Fsp3) is 1.00. The Balaban J connectivity index is 1.64. The topological polar surface area (TPSA) is 30.5 Å². The Morgan fingerprint density at radius 2 is 1.85 bits per heavy atom. The zero-order valence-electron chi connectivity index (χ0n) is 13.2. The van der Waals surface area contributed by atoms with Crippen LogP contribution in [0, 0.1) is 0 Å². The smallest absolute Gasteiger partial charge is 0.0590 e. The van der Waals surface area contributed by atoms with Gasteiger partial charge < -0.3 is 14.8 Å². The molecule has 2 aliphatic rings. The third kappa shape index (κ3) is 6.11. The lowest BCUT2D eigenvalue weighted by molar-refractivity contribution is 0.00432. The Labute approximate surface area is 124 Å². The van der Waals surface area contributed by atoms with E-state index in [0.29, 0.717) is 18.2 Å². The lowest BCUT2D eigenvalue weighted by Crippen LogP contribution is -2.35. The second kappa shape index (κ2) is 9.75. The minimum Gasteiger partial charge on any atom is -0.378 e. The zero-order valence-corrected chi connectivity index (χ0v) is 13.2. The Morgan fingerprint density at radius 3 is 2.55 bits per heavy atom. The third-order valence-electron chi connectivity index (χ3n) is 4.61. The SMILES string of the molecule is CCCNC(CCCC1CCCO1)CC1CCCCO1. The van der Waals surface area contributed by atoms with Crippen molar-refractivity contribution in [2.24, 2.45) is 0 Å². The minimum absolute atomic E-state index is 0.501. The van der Waals surface area contributed by atoms with Gasteiger partial charge in [-0.1, -0.05) is 6.92 Å². The molecule has 2 aliphatic heterocycles. The highest BCUT2D eigenvalue weighted by atomic mass is 16.5. The van der Waals surface area contributed by atoms with Crippen molar-refractivity contribution in [1.29, 1.82) is 0 Å². The molecule has 0 bridgehead atoms. The molecule has 0 aromatic rings. The Hall–Kier alpha value is -0.120. The molecule has 0 radical (unpaired) electrons. The molecule has 0 aliphatic carbocycles. The molecule has 0 aromatic heterocycles. The largest absolute Gasteiger partial charge is 0.378 e. The summed E-state index contributed by atoms with van der Waals surface area (Å²) in [6, 6.07) is 0.638. The standard InChI is InChI=1S/C17H33NO2/c1-2-11-18-15(14-17-8-3-4-12-20-17)7-5-9-16-10-6-13-19-16/h15-18H,2-14H2,1H3. The molecule has 0 saturated carbocycles. The van der Waals surface area contributed by atoms with Crippen molar-refractivity contribution in [1.82, 2.24) is 5.32 Å². The molecule has 2 fully saturated rings. The minimum atomic E-state index is 0.501. The number of rotatable bonds is 9. The van der Waals surface area contributed by atoms with Gasteiger partial charge in [-0.25, -0.2) is 0 Å². The maximum absolute atomic E-state index is 5.90. The molecular formula is C17H33NO2. The second-order valence-corrected chi connectivity index (χ2v) is 6.44. The molecule has 2 heterocycles. The first-order valence-corrected chi connectivity index (χ1v) is 8.85. The van der Waals surface area contributed by atoms with E-state index in [1.165, 1.54) is 64.2 Å². The highest BCUT2D eigenvalue weighted by Crippen LogP contribution is 2.21. The summed E-state index contributed by atoms with van der Waals surface area (Å²) in [5, 5.41) is 3.72. The summed E-state index contributed by atoms with van der Waals surface area (Å²) in [6.45, 7) is 5.34. The molecule has 3 atom stereocenters.